The smallest absolute Gasteiger partial charge is 0.0992 e. The third-order valence-electron chi connectivity index (χ3n) is 9.84. The Morgan fingerprint density at radius 2 is 0.857 bits per heavy atom. The number of nitriles is 2. The van der Waals surface area contributed by atoms with E-state index in [1.54, 1.807) is 0 Å². The fourth-order valence-corrected chi connectivity index (χ4v) is 7.90. The van der Waals surface area contributed by atoms with Crippen LogP contribution in [0.25, 0.3) is 82.5 Å². The molecule has 0 atom stereocenters. The molecule has 10 rings (SSSR count). The molecule has 3 heterocycles. The van der Waals surface area contributed by atoms with Gasteiger partial charge in [-0.3, -0.25) is 0 Å². The first-order valence-electron chi connectivity index (χ1n) is 16.2. The van der Waals surface area contributed by atoms with E-state index in [1.807, 2.05) is 36.4 Å². The summed E-state index contributed by atoms with van der Waals surface area (Å²) in [4.78, 5) is 0. The molecule has 0 aliphatic heterocycles. The highest BCUT2D eigenvalue weighted by Gasteiger charge is 2.24. The lowest BCUT2D eigenvalue weighted by Crippen LogP contribution is -1.96. The van der Waals surface area contributed by atoms with E-state index in [2.05, 4.69) is 141 Å². The minimum absolute atomic E-state index is 0.625. The molecule has 0 bridgehead atoms. The van der Waals surface area contributed by atoms with Crippen LogP contribution in [0.5, 0.6) is 0 Å². The average molecular weight is 624 g/mol. The number of benzene rings is 7. The van der Waals surface area contributed by atoms with Gasteiger partial charge < -0.3 is 13.7 Å². The molecular weight excluding hydrogens is 599 g/mol. The van der Waals surface area contributed by atoms with E-state index >= 15 is 0 Å². The molecule has 5 nitrogen and oxygen atoms in total. The Kier molecular flexibility index (Phi) is 5.64. The van der Waals surface area contributed by atoms with Gasteiger partial charge in [0.25, 0.3) is 0 Å². The van der Waals surface area contributed by atoms with Crippen LogP contribution < -0.4 is 0 Å². The van der Waals surface area contributed by atoms with E-state index in [-0.39, 0.29) is 0 Å². The summed E-state index contributed by atoms with van der Waals surface area (Å²) in [6, 6.07) is 57.0. The number of para-hydroxylation sites is 3. The third kappa shape index (κ3) is 3.73. The zero-order valence-electron chi connectivity index (χ0n) is 26.2. The molecule has 0 saturated carbocycles. The van der Waals surface area contributed by atoms with E-state index in [4.69, 9.17) is 0 Å². The monoisotopic (exact) mass is 623 g/mol. The zero-order chi connectivity index (χ0) is 32.6. The third-order valence-corrected chi connectivity index (χ3v) is 9.84. The van der Waals surface area contributed by atoms with Crippen LogP contribution in [-0.2, 0) is 0 Å². The molecule has 5 heteroatoms. The van der Waals surface area contributed by atoms with Crippen molar-refractivity contribution in [3.63, 3.8) is 0 Å². The molecular formula is C44H25N5. The second-order valence-electron chi connectivity index (χ2n) is 12.4. The molecule has 226 valence electrons. The first kappa shape index (κ1) is 27.1. The van der Waals surface area contributed by atoms with Gasteiger partial charge >= 0.3 is 0 Å². The van der Waals surface area contributed by atoms with Crippen LogP contribution in [0, 0.1) is 22.7 Å². The number of fused-ring (bicyclic) bond motifs is 11. The summed E-state index contributed by atoms with van der Waals surface area (Å²) in [5, 5.41) is 26.5. The van der Waals surface area contributed by atoms with Crippen molar-refractivity contribution in [3.05, 3.63) is 163 Å². The van der Waals surface area contributed by atoms with Crippen molar-refractivity contribution < 1.29 is 0 Å². The van der Waals surface area contributed by atoms with Gasteiger partial charge in [-0.05, 0) is 72.8 Å². The first-order valence-corrected chi connectivity index (χ1v) is 16.2. The SMILES string of the molecule is N#Cc1cccc(-n2c3ccccc3c3c2ccc2c4ccc5c(c6ccc(C#N)cc6n5-c5ccccc5)c4n(-c4ccccc4)c23)c1. The predicted molar refractivity (Wildman–Crippen MR) is 199 cm³/mol. The number of aromatic nitrogens is 3. The molecule has 0 N–H and O–H groups in total. The van der Waals surface area contributed by atoms with Gasteiger partial charge in [-0.2, -0.15) is 10.5 Å². The van der Waals surface area contributed by atoms with Crippen LogP contribution in [0.1, 0.15) is 11.1 Å². The van der Waals surface area contributed by atoms with Gasteiger partial charge in [0.2, 0.25) is 0 Å². The highest BCUT2D eigenvalue weighted by molar-refractivity contribution is 6.31. The van der Waals surface area contributed by atoms with Crippen molar-refractivity contribution in [2.75, 3.05) is 0 Å². The Hall–Kier alpha value is -7.08. The highest BCUT2D eigenvalue weighted by atomic mass is 15.0. The number of hydrogen-bond donors (Lipinski definition) is 0. The van der Waals surface area contributed by atoms with Gasteiger partial charge in [0, 0.05) is 49.4 Å². The van der Waals surface area contributed by atoms with E-state index in [1.165, 1.54) is 0 Å². The zero-order valence-corrected chi connectivity index (χ0v) is 26.2. The van der Waals surface area contributed by atoms with E-state index in [0.717, 1.165) is 82.5 Å². The minimum Gasteiger partial charge on any atom is -0.309 e. The van der Waals surface area contributed by atoms with Crippen LogP contribution in [-0.4, -0.2) is 13.7 Å². The molecule has 0 amide bonds. The van der Waals surface area contributed by atoms with Crippen molar-refractivity contribution in [3.8, 4) is 29.2 Å². The molecule has 0 unspecified atom stereocenters. The Bertz CT molecular complexity index is 3050. The quantitative estimate of drug-likeness (QED) is 0.197. The normalized spacial score (nSPS) is 11.6. The van der Waals surface area contributed by atoms with Gasteiger partial charge in [0.1, 0.15) is 0 Å². The fourth-order valence-electron chi connectivity index (χ4n) is 7.90. The van der Waals surface area contributed by atoms with Gasteiger partial charge in [-0.1, -0.05) is 78.9 Å². The molecule has 49 heavy (non-hydrogen) atoms. The highest BCUT2D eigenvalue weighted by Crippen LogP contribution is 2.46. The Labute approximate surface area is 280 Å². The molecule has 0 radical (unpaired) electrons. The van der Waals surface area contributed by atoms with Crippen molar-refractivity contribution >= 4 is 65.4 Å². The van der Waals surface area contributed by atoms with Crippen molar-refractivity contribution in [1.29, 1.82) is 10.5 Å². The maximum Gasteiger partial charge on any atom is 0.0992 e. The summed E-state index contributed by atoms with van der Waals surface area (Å²) in [7, 11) is 0. The summed E-state index contributed by atoms with van der Waals surface area (Å²) in [5.74, 6) is 0. The average Bonchev–Trinajstić information content (AvgIpc) is 3.80. The largest absolute Gasteiger partial charge is 0.309 e. The summed E-state index contributed by atoms with van der Waals surface area (Å²) in [6.45, 7) is 0. The van der Waals surface area contributed by atoms with Crippen LogP contribution in [0.2, 0.25) is 0 Å². The number of nitrogens with zero attached hydrogens (tertiary/aromatic N) is 5. The van der Waals surface area contributed by atoms with E-state index in [0.29, 0.717) is 11.1 Å². The fraction of sp³-hybridized carbons (Fsp3) is 0. The molecule has 0 fully saturated rings. The van der Waals surface area contributed by atoms with E-state index in [9.17, 15) is 10.5 Å². The number of hydrogen-bond acceptors (Lipinski definition) is 2. The molecule has 7 aromatic carbocycles. The lowest BCUT2D eigenvalue weighted by atomic mass is 10.1. The second-order valence-corrected chi connectivity index (χ2v) is 12.4. The maximum atomic E-state index is 9.91. The summed E-state index contributed by atoms with van der Waals surface area (Å²) in [5.41, 5.74) is 10.8. The van der Waals surface area contributed by atoms with Crippen molar-refractivity contribution in [2.45, 2.75) is 0 Å². The standard InChI is InChI=1S/C44H25N5/c45-26-28-10-9-15-32(24-28)48-37-17-8-7-16-35(37)41-39(48)23-21-33-34-20-22-38-42(44(34)49(43(33)41)31-13-5-2-6-14-31)36-19-18-29(27-46)25-40(36)47(38)30-11-3-1-4-12-30/h1-25H. The second kappa shape index (κ2) is 10.2. The molecule has 3 aromatic heterocycles. The lowest BCUT2D eigenvalue weighted by molar-refractivity contribution is 1.17. The summed E-state index contributed by atoms with van der Waals surface area (Å²) in [6.07, 6.45) is 0. The summed E-state index contributed by atoms with van der Waals surface area (Å²) >= 11 is 0. The van der Waals surface area contributed by atoms with Crippen LogP contribution in [0.3, 0.4) is 0 Å². The first-order chi connectivity index (χ1) is 24.2. The van der Waals surface area contributed by atoms with Gasteiger partial charge in [0.05, 0.1) is 56.4 Å². The Balaban J connectivity index is 1.46. The summed E-state index contributed by atoms with van der Waals surface area (Å²) < 4.78 is 6.99. The van der Waals surface area contributed by atoms with Gasteiger partial charge in [0.15, 0.2) is 0 Å². The molecule has 0 aliphatic carbocycles. The predicted octanol–water partition coefficient (Wildman–Crippen LogP) is 10.7. The molecule has 10 aromatic rings. The van der Waals surface area contributed by atoms with Gasteiger partial charge in [-0.15, -0.1) is 0 Å². The van der Waals surface area contributed by atoms with Crippen LogP contribution in [0.15, 0.2) is 152 Å². The molecule has 0 saturated heterocycles. The van der Waals surface area contributed by atoms with Gasteiger partial charge in [-0.25, -0.2) is 0 Å². The minimum atomic E-state index is 0.625. The lowest BCUT2D eigenvalue weighted by Gasteiger charge is -2.11. The molecule has 0 aliphatic rings. The van der Waals surface area contributed by atoms with Crippen LogP contribution >= 0.6 is 0 Å². The number of rotatable bonds is 3. The van der Waals surface area contributed by atoms with Crippen molar-refractivity contribution in [1.82, 2.24) is 13.7 Å². The Morgan fingerprint density at radius 3 is 1.51 bits per heavy atom. The van der Waals surface area contributed by atoms with Crippen LogP contribution in [0.4, 0.5) is 0 Å². The van der Waals surface area contributed by atoms with Crippen molar-refractivity contribution in [2.24, 2.45) is 0 Å². The maximum absolute atomic E-state index is 9.91. The Morgan fingerprint density at radius 1 is 0.347 bits per heavy atom. The molecule has 0 spiro atoms. The van der Waals surface area contributed by atoms with E-state index < -0.39 is 0 Å². The topological polar surface area (TPSA) is 62.4 Å².